The summed E-state index contributed by atoms with van der Waals surface area (Å²) in [6, 6.07) is 18.9. The van der Waals surface area contributed by atoms with Crippen LogP contribution >= 0.6 is 0 Å². The summed E-state index contributed by atoms with van der Waals surface area (Å²) in [6.45, 7) is 3.09. The van der Waals surface area contributed by atoms with Crippen molar-refractivity contribution in [2.45, 2.75) is 32.7 Å². The minimum absolute atomic E-state index is 0.0221. The van der Waals surface area contributed by atoms with Crippen molar-refractivity contribution in [2.75, 3.05) is 0 Å². The average molecular weight is 373 g/mol. The van der Waals surface area contributed by atoms with Gasteiger partial charge in [0.15, 0.2) is 11.5 Å². The van der Waals surface area contributed by atoms with Crippen LogP contribution in [0.25, 0.3) is 21.7 Å². The van der Waals surface area contributed by atoms with E-state index in [-0.39, 0.29) is 5.78 Å². The fourth-order valence-corrected chi connectivity index (χ4v) is 3.84. The van der Waals surface area contributed by atoms with Gasteiger partial charge in [0.2, 0.25) is 0 Å². The lowest BCUT2D eigenvalue weighted by molar-refractivity contribution is -0.136. The lowest BCUT2D eigenvalue weighted by Crippen LogP contribution is -2.03. The van der Waals surface area contributed by atoms with Crippen LogP contribution in [0, 0.1) is 0 Å². The van der Waals surface area contributed by atoms with Crippen LogP contribution in [0.4, 0.5) is 0 Å². The Morgan fingerprint density at radius 3 is 2.36 bits per heavy atom. The molecule has 0 bridgehead atoms. The molecule has 1 heterocycles. The fourth-order valence-electron chi connectivity index (χ4n) is 3.84. The molecule has 0 atom stereocenters. The molecular formula is C24H23NO3. The van der Waals surface area contributed by atoms with E-state index < -0.39 is 0 Å². The fraction of sp³-hybridized carbons (Fsp3) is 0.208. The topological polar surface area (TPSA) is 51.5 Å². The van der Waals surface area contributed by atoms with E-state index in [1.807, 2.05) is 48.7 Å². The van der Waals surface area contributed by atoms with Crippen molar-refractivity contribution in [3.8, 4) is 5.75 Å². The van der Waals surface area contributed by atoms with Crippen LogP contribution < -0.4 is 4.89 Å². The number of hydrogen-bond acceptors (Lipinski definition) is 3. The van der Waals surface area contributed by atoms with Crippen molar-refractivity contribution in [3.05, 3.63) is 78.0 Å². The second-order valence-corrected chi connectivity index (χ2v) is 7.04. The molecule has 28 heavy (non-hydrogen) atoms. The summed E-state index contributed by atoms with van der Waals surface area (Å²) in [5, 5.41) is 11.6. The number of fused-ring (bicyclic) bond motifs is 2. The molecule has 4 rings (SSSR count). The maximum Gasteiger partial charge on any atom is 0.195 e. The molecule has 142 valence electrons. The van der Waals surface area contributed by atoms with Crippen LogP contribution in [-0.2, 0) is 6.54 Å². The van der Waals surface area contributed by atoms with Crippen LogP contribution in [0.15, 0.2) is 66.9 Å². The zero-order valence-electron chi connectivity index (χ0n) is 15.9. The largest absolute Gasteiger partial charge is 0.347 e. The third-order valence-corrected chi connectivity index (χ3v) is 5.26. The predicted molar refractivity (Wildman–Crippen MR) is 112 cm³/mol. The summed E-state index contributed by atoms with van der Waals surface area (Å²) >= 11 is 0. The second kappa shape index (κ2) is 7.87. The Bertz CT molecular complexity index is 1140. The number of carbonyl (C=O) groups excluding carboxylic acids is 1. The Labute approximate surface area is 163 Å². The highest BCUT2D eigenvalue weighted by molar-refractivity contribution is 6.21. The monoisotopic (exact) mass is 373 g/mol. The zero-order valence-corrected chi connectivity index (χ0v) is 15.9. The number of unbranched alkanes of at least 4 members (excludes halogenated alkanes) is 2. The molecule has 4 nitrogen and oxygen atoms in total. The number of aryl methyl sites for hydroxylation is 1. The third kappa shape index (κ3) is 3.16. The van der Waals surface area contributed by atoms with E-state index in [1.54, 1.807) is 12.1 Å². The van der Waals surface area contributed by atoms with Gasteiger partial charge in [0, 0.05) is 40.2 Å². The molecule has 0 unspecified atom stereocenters. The summed E-state index contributed by atoms with van der Waals surface area (Å²) in [7, 11) is 0. The van der Waals surface area contributed by atoms with E-state index in [1.165, 1.54) is 6.42 Å². The third-order valence-electron chi connectivity index (χ3n) is 5.26. The quantitative estimate of drug-likeness (QED) is 0.185. The molecule has 0 aliphatic carbocycles. The van der Waals surface area contributed by atoms with Gasteiger partial charge in [-0.1, -0.05) is 62.2 Å². The minimum Gasteiger partial charge on any atom is -0.347 e. The van der Waals surface area contributed by atoms with Gasteiger partial charge in [0.1, 0.15) is 0 Å². The van der Waals surface area contributed by atoms with Gasteiger partial charge in [-0.05, 0) is 30.0 Å². The molecule has 0 amide bonds. The molecular weight excluding hydrogens is 350 g/mol. The summed E-state index contributed by atoms with van der Waals surface area (Å²) in [5.41, 5.74) is 2.39. The first-order chi connectivity index (χ1) is 13.7. The molecule has 0 spiro atoms. The van der Waals surface area contributed by atoms with E-state index in [2.05, 4.69) is 22.4 Å². The van der Waals surface area contributed by atoms with Crippen LogP contribution in [0.2, 0.25) is 0 Å². The van der Waals surface area contributed by atoms with E-state index >= 15 is 0 Å². The van der Waals surface area contributed by atoms with Gasteiger partial charge in [0.25, 0.3) is 0 Å². The molecule has 0 aliphatic heterocycles. The summed E-state index contributed by atoms with van der Waals surface area (Å²) in [6.07, 6.45) is 5.40. The van der Waals surface area contributed by atoms with E-state index in [4.69, 9.17) is 5.26 Å². The highest BCUT2D eigenvalue weighted by Gasteiger charge is 2.19. The summed E-state index contributed by atoms with van der Waals surface area (Å²) in [5.74, 6) is 0.320. The normalized spacial score (nSPS) is 11.2. The van der Waals surface area contributed by atoms with Crippen molar-refractivity contribution >= 4 is 27.5 Å². The van der Waals surface area contributed by atoms with Crippen LogP contribution in [0.3, 0.4) is 0 Å². The van der Waals surface area contributed by atoms with Crippen molar-refractivity contribution in [2.24, 2.45) is 0 Å². The lowest BCUT2D eigenvalue weighted by Gasteiger charge is -2.08. The van der Waals surface area contributed by atoms with Gasteiger partial charge in [-0.25, -0.2) is 5.26 Å². The number of hydrogen-bond donors (Lipinski definition) is 1. The molecule has 0 saturated heterocycles. The number of aromatic nitrogens is 1. The van der Waals surface area contributed by atoms with Crippen molar-refractivity contribution in [1.29, 1.82) is 0 Å². The van der Waals surface area contributed by atoms with Gasteiger partial charge < -0.3 is 9.45 Å². The molecule has 0 aliphatic rings. The first-order valence-corrected chi connectivity index (χ1v) is 9.70. The SMILES string of the molecule is CCCCCn1cc(C(=O)c2ccc(OO)c3ccccc23)c2ccccc21. The molecule has 0 fully saturated rings. The molecule has 1 aromatic heterocycles. The van der Waals surface area contributed by atoms with Crippen LogP contribution in [-0.4, -0.2) is 15.6 Å². The van der Waals surface area contributed by atoms with Gasteiger partial charge in [-0.2, -0.15) is 0 Å². The summed E-state index contributed by atoms with van der Waals surface area (Å²) in [4.78, 5) is 18.0. The molecule has 0 saturated carbocycles. The Balaban J connectivity index is 1.83. The number of carbonyl (C=O) groups is 1. The van der Waals surface area contributed by atoms with E-state index in [0.717, 1.165) is 35.7 Å². The van der Waals surface area contributed by atoms with Gasteiger partial charge in [-0.3, -0.25) is 4.79 Å². The minimum atomic E-state index is -0.0221. The van der Waals surface area contributed by atoms with Gasteiger partial charge in [-0.15, -0.1) is 0 Å². The number of nitrogens with zero attached hydrogens (tertiary/aromatic N) is 1. The number of ketones is 1. The van der Waals surface area contributed by atoms with E-state index in [9.17, 15) is 4.79 Å². The number of rotatable bonds is 7. The van der Waals surface area contributed by atoms with Gasteiger partial charge >= 0.3 is 0 Å². The Morgan fingerprint density at radius 1 is 0.893 bits per heavy atom. The van der Waals surface area contributed by atoms with Gasteiger partial charge in [0.05, 0.1) is 0 Å². The standard InChI is InChI=1S/C24H23NO3/c1-2-3-8-15-25-16-21(18-10-6-7-12-22(18)25)24(26)20-13-14-23(28-27)19-11-5-4-9-17(19)20/h4-7,9-14,16,27H,2-3,8,15H2,1H3. The predicted octanol–water partition coefficient (Wildman–Crippen LogP) is 6.07. The smallest absolute Gasteiger partial charge is 0.195 e. The zero-order chi connectivity index (χ0) is 19.5. The van der Waals surface area contributed by atoms with Crippen molar-refractivity contribution in [3.63, 3.8) is 0 Å². The Hall–Kier alpha value is -3.11. The Kier molecular flexibility index (Phi) is 5.13. The molecule has 0 radical (unpaired) electrons. The van der Waals surface area contributed by atoms with E-state index in [0.29, 0.717) is 22.3 Å². The highest BCUT2D eigenvalue weighted by Crippen LogP contribution is 2.31. The maximum atomic E-state index is 13.5. The first-order valence-electron chi connectivity index (χ1n) is 9.70. The second-order valence-electron chi connectivity index (χ2n) is 7.04. The van der Waals surface area contributed by atoms with Crippen LogP contribution in [0.5, 0.6) is 5.75 Å². The number of para-hydroxylation sites is 1. The average Bonchev–Trinajstić information content (AvgIpc) is 3.11. The van der Waals surface area contributed by atoms with Crippen molar-refractivity contribution < 1.29 is 14.9 Å². The molecule has 3 aromatic carbocycles. The first kappa shape index (κ1) is 18.3. The molecule has 1 N–H and O–H groups in total. The summed E-state index contributed by atoms with van der Waals surface area (Å²) < 4.78 is 2.19. The highest BCUT2D eigenvalue weighted by atomic mass is 17.1. The Morgan fingerprint density at radius 2 is 1.61 bits per heavy atom. The lowest BCUT2D eigenvalue weighted by atomic mass is 9.96. The van der Waals surface area contributed by atoms with Crippen LogP contribution in [0.1, 0.15) is 42.1 Å². The number of benzene rings is 3. The molecule has 4 heteroatoms. The molecule has 4 aromatic rings. The van der Waals surface area contributed by atoms with Crippen molar-refractivity contribution in [1.82, 2.24) is 4.57 Å². The maximum absolute atomic E-state index is 13.5.